The van der Waals surface area contributed by atoms with Crippen molar-refractivity contribution in [3.05, 3.63) is 65.3 Å². The Bertz CT molecular complexity index is 853. The van der Waals surface area contributed by atoms with Crippen LogP contribution in [0.3, 0.4) is 0 Å². The maximum atomic E-state index is 13.1. The van der Waals surface area contributed by atoms with E-state index in [2.05, 4.69) is 20.6 Å². The van der Waals surface area contributed by atoms with Gasteiger partial charge in [0.05, 0.1) is 24.1 Å². The first-order valence-corrected chi connectivity index (χ1v) is 7.52. The lowest BCUT2D eigenvalue weighted by Gasteiger charge is -2.15. The summed E-state index contributed by atoms with van der Waals surface area (Å²) in [5, 5.41) is 5.65. The minimum Gasteiger partial charge on any atom is -0.467 e. The van der Waals surface area contributed by atoms with Crippen LogP contribution in [0.25, 0.3) is 0 Å². The number of rotatable bonds is 5. The molecule has 0 aliphatic rings. The van der Waals surface area contributed by atoms with Gasteiger partial charge in [-0.05, 0) is 30.3 Å². The lowest BCUT2D eigenvalue weighted by Crippen LogP contribution is -2.09. The Kier molecular flexibility index (Phi) is 4.80. The van der Waals surface area contributed by atoms with Crippen LogP contribution in [0.1, 0.15) is 11.3 Å². The molecule has 0 bridgehead atoms. The van der Waals surface area contributed by atoms with E-state index in [0.717, 1.165) is 6.07 Å². The molecule has 0 unspecified atom stereocenters. The van der Waals surface area contributed by atoms with Gasteiger partial charge in [-0.25, -0.2) is 9.97 Å². The van der Waals surface area contributed by atoms with Gasteiger partial charge in [-0.15, -0.1) is 0 Å². The number of hydrogen-bond donors (Lipinski definition) is 2. The summed E-state index contributed by atoms with van der Waals surface area (Å²) in [5.41, 5.74) is -1.02. The number of halogens is 4. The molecule has 3 rings (SSSR count). The molecule has 9 heteroatoms. The van der Waals surface area contributed by atoms with Crippen LogP contribution < -0.4 is 10.6 Å². The highest BCUT2D eigenvalue weighted by molar-refractivity contribution is 6.30. The third-order valence-electron chi connectivity index (χ3n) is 3.24. The Morgan fingerprint density at radius 3 is 2.60 bits per heavy atom. The highest BCUT2D eigenvalue weighted by atomic mass is 35.5. The van der Waals surface area contributed by atoms with Gasteiger partial charge >= 0.3 is 6.18 Å². The van der Waals surface area contributed by atoms with E-state index in [-0.39, 0.29) is 16.5 Å². The second-order valence-electron chi connectivity index (χ2n) is 5.03. The summed E-state index contributed by atoms with van der Waals surface area (Å²) < 4.78 is 44.6. The van der Waals surface area contributed by atoms with Crippen molar-refractivity contribution in [2.24, 2.45) is 0 Å². The molecule has 5 nitrogen and oxygen atoms in total. The van der Waals surface area contributed by atoms with Crippen LogP contribution >= 0.6 is 11.6 Å². The van der Waals surface area contributed by atoms with Crippen molar-refractivity contribution in [2.45, 2.75) is 12.7 Å². The summed E-state index contributed by atoms with van der Waals surface area (Å²) in [7, 11) is 0. The van der Waals surface area contributed by atoms with Gasteiger partial charge < -0.3 is 15.1 Å². The summed E-state index contributed by atoms with van der Waals surface area (Å²) in [6, 6.07) is 8.53. The van der Waals surface area contributed by atoms with Crippen LogP contribution in [-0.4, -0.2) is 9.97 Å². The lowest BCUT2D eigenvalue weighted by molar-refractivity contribution is -0.136. The fourth-order valence-corrected chi connectivity index (χ4v) is 2.28. The molecule has 2 aromatic heterocycles. The summed E-state index contributed by atoms with van der Waals surface area (Å²) in [6.07, 6.45) is -1.75. The maximum absolute atomic E-state index is 13.1. The number of aromatic nitrogens is 2. The fraction of sp³-hybridized carbons (Fsp3) is 0.125. The lowest BCUT2D eigenvalue weighted by atomic mass is 10.1. The zero-order chi connectivity index (χ0) is 17.9. The van der Waals surface area contributed by atoms with Crippen molar-refractivity contribution < 1.29 is 17.6 Å². The molecule has 0 radical (unpaired) electrons. The fourth-order valence-electron chi connectivity index (χ4n) is 2.11. The number of hydrogen-bond acceptors (Lipinski definition) is 5. The van der Waals surface area contributed by atoms with Gasteiger partial charge in [-0.2, -0.15) is 13.2 Å². The Hall–Kier alpha value is -2.74. The molecular weight excluding hydrogens is 357 g/mol. The predicted molar refractivity (Wildman–Crippen MR) is 87.8 cm³/mol. The molecule has 0 saturated carbocycles. The van der Waals surface area contributed by atoms with E-state index in [9.17, 15) is 13.2 Å². The topological polar surface area (TPSA) is 63.0 Å². The van der Waals surface area contributed by atoms with Gasteiger partial charge in [-0.1, -0.05) is 11.6 Å². The largest absolute Gasteiger partial charge is 0.467 e. The molecule has 0 amide bonds. The van der Waals surface area contributed by atoms with E-state index in [1.54, 1.807) is 18.4 Å². The molecule has 2 N–H and O–H groups in total. The first-order chi connectivity index (χ1) is 11.9. The van der Waals surface area contributed by atoms with Crippen molar-refractivity contribution in [3.63, 3.8) is 0 Å². The normalized spacial score (nSPS) is 11.4. The second-order valence-corrected chi connectivity index (χ2v) is 5.47. The second kappa shape index (κ2) is 7.02. The molecule has 0 atom stereocenters. The molecule has 0 saturated heterocycles. The minimum absolute atomic E-state index is 0.00126. The molecule has 0 spiro atoms. The van der Waals surface area contributed by atoms with Gasteiger partial charge in [0.25, 0.3) is 0 Å². The van der Waals surface area contributed by atoms with Crippen LogP contribution in [0.4, 0.5) is 30.5 Å². The Morgan fingerprint density at radius 1 is 1.08 bits per heavy atom. The van der Waals surface area contributed by atoms with Crippen LogP contribution in [-0.2, 0) is 12.7 Å². The average Bonchev–Trinajstić information content (AvgIpc) is 3.08. The van der Waals surface area contributed by atoms with Gasteiger partial charge in [0.1, 0.15) is 23.7 Å². The van der Waals surface area contributed by atoms with Crippen LogP contribution in [0.15, 0.2) is 53.4 Å². The van der Waals surface area contributed by atoms with Crippen LogP contribution in [0, 0.1) is 0 Å². The molecule has 130 valence electrons. The quantitative estimate of drug-likeness (QED) is 0.656. The molecule has 25 heavy (non-hydrogen) atoms. The van der Waals surface area contributed by atoms with Crippen molar-refractivity contribution in [1.82, 2.24) is 9.97 Å². The standard InChI is InChI=1S/C16H12ClF3N4O/c17-10-3-4-13(12(6-10)16(18,19)20)24-15-7-14(22-9-23-15)21-8-11-2-1-5-25-11/h1-7,9H,8H2,(H2,21,22,23,24). The van der Waals surface area contributed by atoms with Gasteiger partial charge in [0, 0.05) is 11.1 Å². The van der Waals surface area contributed by atoms with Crippen molar-refractivity contribution in [1.29, 1.82) is 0 Å². The Labute approximate surface area is 145 Å². The number of anilines is 3. The molecule has 0 aliphatic heterocycles. The third kappa shape index (κ3) is 4.42. The van der Waals surface area contributed by atoms with E-state index < -0.39 is 11.7 Å². The summed E-state index contributed by atoms with van der Waals surface area (Å²) in [4.78, 5) is 7.96. The first kappa shape index (κ1) is 17.1. The summed E-state index contributed by atoms with van der Waals surface area (Å²) >= 11 is 5.67. The number of nitrogens with one attached hydrogen (secondary N) is 2. The average molecular weight is 369 g/mol. The van der Waals surface area contributed by atoms with Gasteiger partial charge in [0.2, 0.25) is 0 Å². The summed E-state index contributed by atoms with van der Waals surface area (Å²) in [5.74, 6) is 1.35. The number of alkyl halides is 3. The van der Waals surface area contributed by atoms with E-state index in [4.69, 9.17) is 16.0 Å². The number of nitrogens with zero attached hydrogens (tertiary/aromatic N) is 2. The molecule has 0 aliphatic carbocycles. The monoisotopic (exact) mass is 368 g/mol. The zero-order valence-corrected chi connectivity index (χ0v) is 13.4. The smallest absolute Gasteiger partial charge is 0.418 e. The highest BCUT2D eigenvalue weighted by Crippen LogP contribution is 2.37. The number of benzene rings is 1. The van der Waals surface area contributed by atoms with Gasteiger partial charge in [0.15, 0.2) is 0 Å². The van der Waals surface area contributed by atoms with E-state index in [1.165, 1.54) is 24.5 Å². The molecule has 2 heterocycles. The Morgan fingerprint density at radius 2 is 1.88 bits per heavy atom. The number of furan rings is 1. The summed E-state index contributed by atoms with van der Waals surface area (Å²) in [6.45, 7) is 0.387. The van der Waals surface area contributed by atoms with E-state index in [1.807, 2.05) is 0 Å². The van der Waals surface area contributed by atoms with E-state index in [0.29, 0.717) is 18.1 Å². The van der Waals surface area contributed by atoms with Crippen molar-refractivity contribution >= 4 is 28.9 Å². The van der Waals surface area contributed by atoms with Crippen molar-refractivity contribution in [3.8, 4) is 0 Å². The Balaban J connectivity index is 1.78. The van der Waals surface area contributed by atoms with E-state index >= 15 is 0 Å². The predicted octanol–water partition coefficient (Wildman–Crippen LogP) is 5.10. The van der Waals surface area contributed by atoms with Crippen LogP contribution in [0.2, 0.25) is 5.02 Å². The van der Waals surface area contributed by atoms with Crippen molar-refractivity contribution in [2.75, 3.05) is 10.6 Å². The molecule has 1 aromatic carbocycles. The minimum atomic E-state index is -4.54. The molecule has 3 aromatic rings. The third-order valence-corrected chi connectivity index (χ3v) is 3.48. The SMILES string of the molecule is FC(F)(F)c1cc(Cl)ccc1Nc1cc(NCc2ccco2)ncn1. The highest BCUT2D eigenvalue weighted by Gasteiger charge is 2.33. The molecular formula is C16H12ClF3N4O. The van der Waals surface area contributed by atoms with Crippen LogP contribution in [0.5, 0.6) is 0 Å². The molecule has 0 fully saturated rings. The zero-order valence-electron chi connectivity index (χ0n) is 12.6. The maximum Gasteiger partial charge on any atom is 0.418 e. The van der Waals surface area contributed by atoms with Gasteiger partial charge in [-0.3, -0.25) is 0 Å². The first-order valence-electron chi connectivity index (χ1n) is 7.14.